The molecular formula is C13H12BrN5O6. The average molecular weight is 414 g/mol. The summed E-state index contributed by atoms with van der Waals surface area (Å²) in [5.74, 6) is -0.769. The second kappa shape index (κ2) is 7.25. The molecule has 0 spiro atoms. The fraction of sp³-hybridized carbons (Fsp3) is 0.231. The molecule has 25 heavy (non-hydrogen) atoms. The molecular weight excluding hydrogens is 402 g/mol. The van der Waals surface area contributed by atoms with Crippen molar-refractivity contribution in [2.75, 3.05) is 12.4 Å². The predicted molar refractivity (Wildman–Crippen MR) is 89.6 cm³/mol. The number of carbonyl (C=O) groups is 1. The summed E-state index contributed by atoms with van der Waals surface area (Å²) in [7, 11) is 1.36. The van der Waals surface area contributed by atoms with E-state index in [-0.39, 0.29) is 28.1 Å². The molecule has 0 saturated heterocycles. The smallest absolute Gasteiger partial charge is 0.404 e. The molecule has 0 bridgehead atoms. The lowest BCUT2D eigenvalue weighted by molar-refractivity contribution is -0.390. The van der Waals surface area contributed by atoms with Crippen LogP contribution in [0.4, 0.5) is 17.2 Å². The van der Waals surface area contributed by atoms with Crippen LogP contribution in [-0.4, -0.2) is 32.6 Å². The van der Waals surface area contributed by atoms with Gasteiger partial charge in [-0.2, -0.15) is 4.68 Å². The van der Waals surface area contributed by atoms with Gasteiger partial charge in [-0.05, 0) is 39.9 Å². The minimum Gasteiger partial charge on any atom is -0.496 e. The molecule has 0 saturated carbocycles. The number of nitro groups is 2. The molecule has 132 valence electrons. The van der Waals surface area contributed by atoms with Crippen molar-refractivity contribution in [3.8, 4) is 5.75 Å². The first-order valence-corrected chi connectivity index (χ1v) is 7.53. The zero-order valence-electron chi connectivity index (χ0n) is 13.1. The molecule has 1 aromatic carbocycles. The highest BCUT2D eigenvalue weighted by Gasteiger charge is 2.25. The quantitative estimate of drug-likeness (QED) is 0.565. The molecule has 0 aliphatic heterocycles. The van der Waals surface area contributed by atoms with Gasteiger partial charge in [0.1, 0.15) is 22.5 Å². The Morgan fingerprint density at radius 1 is 1.36 bits per heavy atom. The SMILES string of the molecule is COc1ccc(NC(=O)Cn2nc([N+](=O)[O-])c(Br)c2C)c([N+](=O)[O-])c1. The van der Waals surface area contributed by atoms with E-state index in [4.69, 9.17) is 4.74 Å². The van der Waals surface area contributed by atoms with E-state index in [0.29, 0.717) is 5.69 Å². The van der Waals surface area contributed by atoms with Gasteiger partial charge in [-0.25, -0.2) is 0 Å². The van der Waals surface area contributed by atoms with Crippen LogP contribution in [0.25, 0.3) is 0 Å². The summed E-state index contributed by atoms with van der Waals surface area (Å²) in [6.07, 6.45) is 0. The highest BCUT2D eigenvalue weighted by atomic mass is 79.9. The van der Waals surface area contributed by atoms with Crippen molar-refractivity contribution in [3.05, 3.63) is 48.6 Å². The molecule has 11 nitrogen and oxygen atoms in total. The standard InChI is InChI=1S/C13H12BrN5O6/c1-7-12(14)13(19(23)24)16-17(7)6-11(20)15-9-4-3-8(25-2)5-10(9)18(21)22/h3-5H,6H2,1-2H3,(H,15,20). The Balaban J connectivity index is 2.23. The lowest BCUT2D eigenvalue weighted by Gasteiger charge is -2.07. The second-order valence-corrected chi connectivity index (χ2v) is 5.62. The van der Waals surface area contributed by atoms with Gasteiger partial charge in [0.25, 0.3) is 5.69 Å². The monoisotopic (exact) mass is 413 g/mol. The largest absolute Gasteiger partial charge is 0.496 e. The van der Waals surface area contributed by atoms with Crippen molar-refractivity contribution in [1.29, 1.82) is 0 Å². The molecule has 0 atom stereocenters. The minimum absolute atomic E-state index is 0.0193. The number of ether oxygens (including phenoxy) is 1. The Morgan fingerprint density at radius 2 is 2.04 bits per heavy atom. The number of hydrogen-bond acceptors (Lipinski definition) is 7. The summed E-state index contributed by atoms with van der Waals surface area (Å²) >= 11 is 3.05. The lowest BCUT2D eigenvalue weighted by Crippen LogP contribution is -2.21. The zero-order chi connectivity index (χ0) is 18.7. The molecule has 1 heterocycles. The van der Waals surface area contributed by atoms with E-state index in [0.717, 1.165) is 4.68 Å². The molecule has 1 aromatic heterocycles. The summed E-state index contributed by atoms with van der Waals surface area (Å²) in [4.78, 5) is 32.8. The second-order valence-electron chi connectivity index (χ2n) is 4.83. The van der Waals surface area contributed by atoms with Crippen molar-refractivity contribution in [1.82, 2.24) is 9.78 Å². The van der Waals surface area contributed by atoms with Crippen molar-refractivity contribution >= 4 is 39.0 Å². The summed E-state index contributed by atoms with van der Waals surface area (Å²) in [6, 6.07) is 3.97. The first-order valence-electron chi connectivity index (χ1n) is 6.74. The predicted octanol–water partition coefficient (Wildman–Crippen LogP) is 2.42. The molecule has 1 amide bonds. The summed E-state index contributed by atoms with van der Waals surface area (Å²) in [6.45, 7) is 1.20. The van der Waals surface area contributed by atoms with Gasteiger partial charge in [-0.15, -0.1) is 0 Å². The third kappa shape index (κ3) is 3.91. The van der Waals surface area contributed by atoms with Crippen molar-refractivity contribution < 1.29 is 19.4 Å². The number of benzene rings is 1. The maximum absolute atomic E-state index is 12.1. The summed E-state index contributed by atoms with van der Waals surface area (Å²) in [5, 5.41) is 28.1. The van der Waals surface area contributed by atoms with E-state index in [9.17, 15) is 25.0 Å². The van der Waals surface area contributed by atoms with E-state index in [1.54, 1.807) is 6.92 Å². The van der Waals surface area contributed by atoms with Crippen LogP contribution < -0.4 is 10.1 Å². The number of rotatable bonds is 6. The number of carbonyl (C=O) groups excluding carboxylic acids is 1. The van der Waals surface area contributed by atoms with Gasteiger partial charge in [0.2, 0.25) is 5.91 Å². The first-order chi connectivity index (χ1) is 11.7. The Kier molecular flexibility index (Phi) is 5.32. The van der Waals surface area contributed by atoms with Gasteiger partial charge in [0.05, 0.1) is 28.9 Å². The number of methoxy groups -OCH3 is 1. The van der Waals surface area contributed by atoms with Crippen molar-refractivity contribution in [2.24, 2.45) is 0 Å². The normalized spacial score (nSPS) is 10.4. The molecule has 2 aromatic rings. The van der Waals surface area contributed by atoms with E-state index < -0.39 is 21.6 Å². The van der Waals surface area contributed by atoms with E-state index in [1.807, 2.05) is 0 Å². The Labute approximate surface area is 149 Å². The van der Waals surface area contributed by atoms with Crippen LogP contribution in [0.5, 0.6) is 5.75 Å². The first kappa shape index (κ1) is 18.3. The number of nitrogens with one attached hydrogen (secondary N) is 1. The van der Waals surface area contributed by atoms with E-state index in [2.05, 4.69) is 26.3 Å². The van der Waals surface area contributed by atoms with Crippen LogP contribution in [0.2, 0.25) is 0 Å². The van der Waals surface area contributed by atoms with Gasteiger partial charge < -0.3 is 20.2 Å². The number of nitro benzene ring substituents is 1. The van der Waals surface area contributed by atoms with Crippen LogP contribution in [0.15, 0.2) is 22.7 Å². The van der Waals surface area contributed by atoms with Crippen molar-refractivity contribution in [2.45, 2.75) is 13.5 Å². The Bertz CT molecular complexity index is 865. The summed E-state index contributed by atoms with van der Waals surface area (Å²) < 4.78 is 6.21. The highest BCUT2D eigenvalue weighted by Crippen LogP contribution is 2.29. The maximum Gasteiger partial charge on any atom is 0.404 e. The van der Waals surface area contributed by atoms with E-state index >= 15 is 0 Å². The van der Waals surface area contributed by atoms with Crippen LogP contribution >= 0.6 is 15.9 Å². The van der Waals surface area contributed by atoms with E-state index in [1.165, 1.54) is 25.3 Å². The molecule has 1 N–H and O–H groups in total. The van der Waals surface area contributed by atoms with Crippen LogP contribution in [0.1, 0.15) is 5.69 Å². The van der Waals surface area contributed by atoms with Gasteiger partial charge in [0, 0.05) is 0 Å². The van der Waals surface area contributed by atoms with Crippen LogP contribution in [-0.2, 0) is 11.3 Å². The number of aromatic nitrogens is 2. The zero-order valence-corrected chi connectivity index (χ0v) is 14.6. The molecule has 0 aliphatic carbocycles. The number of anilines is 1. The van der Waals surface area contributed by atoms with Gasteiger partial charge in [0.15, 0.2) is 0 Å². The number of amides is 1. The molecule has 12 heteroatoms. The summed E-state index contributed by atoms with van der Waals surface area (Å²) in [5.41, 5.74) is 0.0253. The fourth-order valence-electron chi connectivity index (χ4n) is 2.00. The molecule has 0 fully saturated rings. The molecule has 0 radical (unpaired) electrons. The highest BCUT2D eigenvalue weighted by molar-refractivity contribution is 9.10. The Morgan fingerprint density at radius 3 is 2.56 bits per heavy atom. The maximum atomic E-state index is 12.1. The average Bonchev–Trinajstić information content (AvgIpc) is 2.83. The number of hydrogen-bond donors (Lipinski definition) is 1. The van der Waals surface area contributed by atoms with Gasteiger partial charge in [-0.1, -0.05) is 0 Å². The fourth-order valence-corrected chi connectivity index (χ4v) is 2.43. The third-order valence-corrected chi connectivity index (χ3v) is 4.19. The molecule has 2 rings (SSSR count). The van der Waals surface area contributed by atoms with Gasteiger partial charge >= 0.3 is 5.82 Å². The third-order valence-electron chi connectivity index (χ3n) is 3.26. The molecule has 0 aliphatic rings. The number of halogens is 1. The van der Waals surface area contributed by atoms with Crippen LogP contribution in [0.3, 0.4) is 0 Å². The number of nitrogens with zero attached hydrogens (tertiary/aromatic N) is 4. The minimum atomic E-state index is -0.681. The molecule has 0 unspecified atom stereocenters. The van der Waals surface area contributed by atoms with Crippen molar-refractivity contribution in [3.63, 3.8) is 0 Å². The topological polar surface area (TPSA) is 142 Å². The van der Waals surface area contributed by atoms with Gasteiger partial charge in [-0.3, -0.25) is 14.9 Å². The Hall–Kier alpha value is -3.02. The van der Waals surface area contributed by atoms with Crippen LogP contribution in [0, 0.1) is 27.2 Å². The lowest BCUT2D eigenvalue weighted by atomic mass is 10.2.